The lowest BCUT2D eigenvalue weighted by molar-refractivity contribution is -0.137. The first kappa shape index (κ1) is 29.7. The molecule has 6 nitrogen and oxygen atoms in total. The van der Waals surface area contributed by atoms with Crippen molar-refractivity contribution in [2.24, 2.45) is 18.1 Å². The number of fused-ring (bicyclic) bond motifs is 1. The fourth-order valence-corrected chi connectivity index (χ4v) is 5.79. The summed E-state index contributed by atoms with van der Waals surface area (Å²) >= 11 is 0. The van der Waals surface area contributed by atoms with Crippen molar-refractivity contribution in [1.29, 1.82) is 0 Å². The molecule has 10 heteroatoms. The Hall–Kier alpha value is -3.76. The SMILES string of the molecule is Cn1ccnc1CN(C(=O)C1CC1c1ccccc1)c1ccc2c(c1)CCCC2.NS(=O)c1ccc(C(F)(F)F)cc1. The zero-order valence-electron chi connectivity index (χ0n) is 23.3. The van der Waals surface area contributed by atoms with Crippen LogP contribution in [-0.4, -0.2) is 19.7 Å². The Balaban J connectivity index is 0.000000229. The summed E-state index contributed by atoms with van der Waals surface area (Å²) in [6, 6.07) is 20.9. The van der Waals surface area contributed by atoms with Crippen molar-refractivity contribution in [3.63, 3.8) is 0 Å². The number of rotatable bonds is 6. The molecule has 1 heterocycles. The average Bonchev–Trinajstić information content (AvgIpc) is 3.70. The molecule has 1 fully saturated rings. The van der Waals surface area contributed by atoms with Crippen molar-refractivity contribution in [1.82, 2.24) is 9.55 Å². The van der Waals surface area contributed by atoms with Gasteiger partial charge in [-0.2, -0.15) is 13.2 Å². The molecule has 220 valence electrons. The minimum atomic E-state index is -4.37. The summed E-state index contributed by atoms with van der Waals surface area (Å²) in [5, 5.41) is 4.96. The number of aryl methyl sites for hydroxylation is 3. The summed E-state index contributed by atoms with van der Waals surface area (Å²) in [6.07, 6.45) is 5.08. The van der Waals surface area contributed by atoms with E-state index < -0.39 is 22.7 Å². The Labute approximate surface area is 246 Å². The minimum Gasteiger partial charge on any atom is -0.337 e. The molecule has 1 amide bonds. The van der Waals surface area contributed by atoms with E-state index in [0.717, 1.165) is 55.0 Å². The van der Waals surface area contributed by atoms with E-state index in [0.29, 0.717) is 12.5 Å². The van der Waals surface area contributed by atoms with Crippen LogP contribution in [0.3, 0.4) is 0 Å². The number of alkyl halides is 3. The number of imidazole rings is 1. The second-order valence-corrected chi connectivity index (χ2v) is 11.8. The quantitative estimate of drug-likeness (QED) is 0.284. The zero-order valence-corrected chi connectivity index (χ0v) is 24.1. The third kappa shape index (κ3) is 6.99. The highest BCUT2D eigenvalue weighted by Gasteiger charge is 2.46. The number of carbonyl (C=O) groups excluding carboxylic acids is 1. The van der Waals surface area contributed by atoms with E-state index in [-0.39, 0.29) is 16.7 Å². The van der Waals surface area contributed by atoms with Crippen LogP contribution in [0, 0.1) is 5.92 Å². The second kappa shape index (κ2) is 12.6. The number of anilines is 1. The van der Waals surface area contributed by atoms with Crippen molar-refractivity contribution in [3.05, 3.63) is 113 Å². The second-order valence-electron chi connectivity index (χ2n) is 10.7. The molecule has 6 rings (SSSR count). The van der Waals surface area contributed by atoms with E-state index in [1.165, 1.54) is 29.5 Å². The summed E-state index contributed by atoms with van der Waals surface area (Å²) in [4.78, 5) is 20.2. The number of nitrogens with two attached hydrogens (primary N) is 1. The van der Waals surface area contributed by atoms with Gasteiger partial charge in [-0.05, 0) is 91.1 Å². The molecule has 3 aromatic carbocycles. The van der Waals surface area contributed by atoms with Crippen LogP contribution in [-0.2, 0) is 48.4 Å². The van der Waals surface area contributed by atoms with Crippen molar-refractivity contribution in [2.75, 3.05) is 4.90 Å². The topological polar surface area (TPSA) is 81.2 Å². The molecular formula is C32H33F3N4O2S. The average molecular weight is 595 g/mol. The maximum atomic E-state index is 13.6. The molecule has 0 aliphatic heterocycles. The monoisotopic (exact) mass is 594 g/mol. The van der Waals surface area contributed by atoms with Crippen molar-refractivity contribution in [3.8, 4) is 0 Å². The van der Waals surface area contributed by atoms with Gasteiger partial charge in [0.05, 0.1) is 17.0 Å². The molecule has 0 radical (unpaired) electrons. The molecule has 1 saturated carbocycles. The van der Waals surface area contributed by atoms with Crippen LogP contribution in [0.15, 0.2) is 90.1 Å². The number of hydrogen-bond acceptors (Lipinski definition) is 3. The van der Waals surface area contributed by atoms with E-state index in [2.05, 4.69) is 47.4 Å². The van der Waals surface area contributed by atoms with Crippen LogP contribution >= 0.6 is 0 Å². The van der Waals surface area contributed by atoms with Crippen LogP contribution in [0.2, 0.25) is 0 Å². The lowest BCUT2D eigenvalue weighted by atomic mass is 9.91. The normalized spacial score (nSPS) is 18.3. The molecule has 1 aromatic heterocycles. The lowest BCUT2D eigenvalue weighted by Crippen LogP contribution is -2.33. The molecular weight excluding hydrogens is 561 g/mol. The fourth-order valence-electron chi connectivity index (χ4n) is 5.39. The molecule has 0 spiro atoms. The molecule has 2 N–H and O–H groups in total. The van der Waals surface area contributed by atoms with Gasteiger partial charge in [-0.15, -0.1) is 0 Å². The summed E-state index contributed by atoms with van der Waals surface area (Å²) in [7, 11) is 0.256. The van der Waals surface area contributed by atoms with Gasteiger partial charge >= 0.3 is 6.18 Å². The van der Waals surface area contributed by atoms with Gasteiger partial charge in [-0.1, -0.05) is 36.4 Å². The highest BCUT2D eigenvalue weighted by atomic mass is 32.2. The third-order valence-electron chi connectivity index (χ3n) is 7.88. The number of aromatic nitrogens is 2. The van der Waals surface area contributed by atoms with E-state index in [9.17, 15) is 22.2 Å². The standard InChI is InChI=1S/C25H27N3O.C7H6F3NOS/c1-27-14-13-26-24(27)17-28(21-12-11-18-7-5-6-10-20(18)15-21)25(29)23-16-22(23)19-8-3-2-4-9-19;8-7(9,10)5-1-3-6(4-2-5)13(11)12/h2-4,8-9,11-15,22-23H,5-7,10,16-17H2,1H3;1-4H,11H2. The largest absolute Gasteiger partial charge is 0.416 e. The van der Waals surface area contributed by atoms with Gasteiger partial charge in [0.2, 0.25) is 5.91 Å². The van der Waals surface area contributed by atoms with Gasteiger partial charge in [-0.25, -0.2) is 14.3 Å². The molecule has 42 heavy (non-hydrogen) atoms. The first-order valence-electron chi connectivity index (χ1n) is 13.9. The molecule has 0 bridgehead atoms. The number of nitrogens with zero attached hydrogens (tertiary/aromatic N) is 3. The molecule has 2 aliphatic rings. The van der Waals surface area contributed by atoms with Crippen LogP contribution in [0.5, 0.6) is 0 Å². The van der Waals surface area contributed by atoms with Gasteiger partial charge in [-0.3, -0.25) is 4.79 Å². The number of amides is 1. The first-order valence-corrected chi connectivity index (χ1v) is 15.1. The van der Waals surface area contributed by atoms with Gasteiger partial charge in [0.25, 0.3) is 0 Å². The molecule has 4 aromatic rings. The maximum absolute atomic E-state index is 13.6. The van der Waals surface area contributed by atoms with Crippen LogP contribution in [0.25, 0.3) is 0 Å². The predicted octanol–water partition coefficient (Wildman–Crippen LogP) is 6.32. The van der Waals surface area contributed by atoms with Crippen molar-refractivity contribution in [2.45, 2.75) is 55.6 Å². The van der Waals surface area contributed by atoms with Gasteiger partial charge in [0, 0.05) is 31.0 Å². The number of benzene rings is 3. The van der Waals surface area contributed by atoms with Gasteiger partial charge < -0.3 is 9.47 Å². The number of hydrogen-bond donors (Lipinski definition) is 1. The first-order chi connectivity index (χ1) is 20.1. The summed E-state index contributed by atoms with van der Waals surface area (Å²) in [6.45, 7) is 0.513. The van der Waals surface area contributed by atoms with E-state index in [1.807, 2.05) is 28.8 Å². The summed E-state index contributed by atoms with van der Waals surface area (Å²) < 4.78 is 48.7. The van der Waals surface area contributed by atoms with E-state index in [4.69, 9.17) is 5.14 Å². The van der Waals surface area contributed by atoms with E-state index in [1.54, 1.807) is 6.20 Å². The molecule has 2 aliphatic carbocycles. The van der Waals surface area contributed by atoms with Crippen molar-refractivity contribution < 1.29 is 22.2 Å². The number of halogens is 3. The lowest BCUT2D eigenvalue weighted by Gasteiger charge is -2.25. The van der Waals surface area contributed by atoms with Gasteiger partial charge in [0.15, 0.2) is 0 Å². The zero-order chi connectivity index (χ0) is 29.9. The molecule has 3 atom stereocenters. The van der Waals surface area contributed by atoms with Crippen LogP contribution in [0.4, 0.5) is 18.9 Å². The highest BCUT2D eigenvalue weighted by molar-refractivity contribution is 7.82. The Bertz CT molecular complexity index is 1550. The summed E-state index contributed by atoms with van der Waals surface area (Å²) in [5.74, 6) is 1.53. The fraction of sp³-hybridized carbons (Fsp3) is 0.312. The Morgan fingerprint density at radius 3 is 2.33 bits per heavy atom. The molecule has 3 unspecified atom stereocenters. The smallest absolute Gasteiger partial charge is 0.337 e. The Kier molecular flexibility index (Phi) is 8.93. The molecule has 0 saturated heterocycles. The minimum absolute atomic E-state index is 0.0636. The number of carbonyl (C=O) groups is 1. The third-order valence-corrected chi connectivity index (χ3v) is 8.62. The van der Waals surface area contributed by atoms with E-state index >= 15 is 0 Å². The van der Waals surface area contributed by atoms with Crippen LogP contribution < -0.4 is 10.0 Å². The highest BCUT2D eigenvalue weighted by Crippen LogP contribution is 2.49. The Morgan fingerprint density at radius 2 is 1.71 bits per heavy atom. The predicted molar refractivity (Wildman–Crippen MR) is 157 cm³/mol. The van der Waals surface area contributed by atoms with Gasteiger partial charge in [0.1, 0.15) is 16.8 Å². The summed E-state index contributed by atoms with van der Waals surface area (Å²) in [5.41, 5.74) is 4.35. The van der Waals surface area contributed by atoms with Crippen LogP contribution in [0.1, 0.15) is 53.3 Å². The Morgan fingerprint density at radius 1 is 1.02 bits per heavy atom. The maximum Gasteiger partial charge on any atom is 0.416 e. The van der Waals surface area contributed by atoms with Crippen molar-refractivity contribution >= 4 is 22.6 Å².